The van der Waals surface area contributed by atoms with Crippen molar-refractivity contribution in [2.45, 2.75) is 38.0 Å². The van der Waals surface area contributed by atoms with Crippen LogP contribution in [0.4, 0.5) is 13.2 Å². The fraction of sp³-hybridized carbons (Fsp3) is 0.206. The van der Waals surface area contributed by atoms with Gasteiger partial charge in [-0.2, -0.15) is 13.2 Å². The van der Waals surface area contributed by atoms with E-state index in [2.05, 4.69) is 4.90 Å². The number of carboxylic acid groups (broad SMARTS) is 1. The lowest BCUT2D eigenvalue weighted by molar-refractivity contribution is -0.138. The summed E-state index contributed by atoms with van der Waals surface area (Å²) in [6.07, 6.45) is -4.69. The molecule has 0 saturated carbocycles. The predicted molar refractivity (Wildman–Crippen MR) is 158 cm³/mol. The summed E-state index contributed by atoms with van der Waals surface area (Å²) in [5, 5.41) is 9.64. The predicted octanol–water partition coefficient (Wildman–Crippen LogP) is 9.13. The topological polar surface area (TPSA) is 53.7 Å². The molecule has 0 aliphatic carbocycles. The molecule has 5 rings (SSSR count). The SMILES string of the molecule is CC(c1cc2cc(CC(=O)O)ccc2o1)N(Cc1cccc(C(F)(F)F)c1Cl)CC(c1ccccc1)c1ccccc1. The second-order valence-electron chi connectivity index (χ2n) is 10.3. The van der Waals surface area contributed by atoms with Gasteiger partial charge in [0.1, 0.15) is 11.3 Å². The molecule has 1 aromatic heterocycles. The minimum atomic E-state index is -4.58. The zero-order chi connectivity index (χ0) is 29.9. The molecule has 0 amide bonds. The van der Waals surface area contributed by atoms with E-state index in [-0.39, 0.29) is 29.9 Å². The molecule has 0 radical (unpaired) electrons. The van der Waals surface area contributed by atoms with E-state index in [0.717, 1.165) is 22.6 Å². The molecule has 1 heterocycles. The molecule has 5 aromatic rings. The van der Waals surface area contributed by atoms with Crippen LogP contribution in [0.5, 0.6) is 0 Å². The van der Waals surface area contributed by atoms with Gasteiger partial charge in [0.15, 0.2) is 0 Å². The lowest BCUT2D eigenvalue weighted by Gasteiger charge is -2.32. The summed E-state index contributed by atoms with van der Waals surface area (Å²) in [7, 11) is 0. The summed E-state index contributed by atoms with van der Waals surface area (Å²) in [6.45, 7) is 2.55. The number of benzene rings is 4. The van der Waals surface area contributed by atoms with Gasteiger partial charge in [0.2, 0.25) is 0 Å². The van der Waals surface area contributed by atoms with Gasteiger partial charge in [0.25, 0.3) is 0 Å². The van der Waals surface area contributed by atoms with Gasteiger partial charge in [-0.1, -0.05) is 90.5 Å². The number of alkyl halides is 3. The Labute approximate surface area is 247 Å². The number of halogens is 4. The third-order valence-electron chi connectivity index (χ3n) is 7.49. The lowest BCUT2D eigenvalue weighted by Crippen LogP contribution is -2.31. The van der Waals surface area contributed by atoms with Gasteiger partial charge < -0.3 is 9.52 Å². The van der Waals surface area contributed by atoms with E-state index < -0.39 is 17.7 Å². The highest BCUT2D eigenvalue weighted by atomic mass is 35.5. The molecule has 42 heavy (non-hydrogen) atoms. The zero-order valence-electron chi connectivity index (χ0n) is 22.8. The number of nitrogens with zero attached hydrogens (tertiary/aromatic N) is 1. The van der Waals surface area contributed by atoms with Crippen LogP contribution >= 0.6 is 11.6 Å². The van der Waals surface area contributed by atoms with Crippen molar-refractivity contribution in [3.05, 3.63) is 142 Å². The minimum Gasteiger partial charge on any atom is -0.481 e. The third kappa shape index (κ3) is 6.69. The zero-order valence-corrected chi connectivity index (χ0v) is 23.6. The molecule has 4 nitrogen and oxygen atoms in total. The summed E-state index contributed by atoms with van der Waals surface area (Å²) in [5.74, 6) is -0.408. The fourth-order valence-corrected chi connectivity index (χ4v) is 5.58. The summed E-state index contributed by atoms with van der Waals surface area (Å²) in [6, 6.07) is 30.7. The van der Waals surface area contributed by atoms with E-state index >= 15 is 0 Å². The summed E-state index contributed by atoms with van der Waals surface area (Å²) < 4.78 is 47.4. The average molecular weight is 592 g/mol. The van der Waals surface area contributed by atoms with Crippen LogP contribution in [0.3, 0.4) is 0 Å². The molecule has 216 valence electrons. The van der Waals surface area contributed by atoms with Crippen LogP contribution in [-0.2, 0) is 23.9 Å². The smallest absolute Gasteiger partial charge is 0.417 e. The molecule has 0 aliphatic rings. The molecule has 1 atom stereocenters. The monoisotopic (exact) mass is 591 g/mol. The fourth-order valence-electron chi connectivity index (χ4n) is 5.29. The Morgan fingerprint density at radius 1 is 0.905 bits per heavy atom. The normalized spacial score (nSPS) is 12.7. The number of hydrogen-bond acceptors (Lipinski definition) is 3. The molecular weight excluding hydrogens is 563 g/mol. The van der Waals surface area contributed by atoms with E-state index in [0.29, 0.717) is 29.0 Å². The van der Waals surface area contributed by atoms with Gasteiger partial charge >= 0.3 is 12.1 Å². The van der Waals surface area contributed by atoms with Crippen LogP contribution in [0.1, 0.15) is 52.5 Å². The quantitative estimate of drug-likeness (QED) is 0.176. The number of carboxylic acids is 1. The molecule has 4 aromatic carbocycles. The van der Waals surface area contributed by atoms with Gasteiger partial charge in [-0.3, -0.25) is 9.69 Å². The van der Waals surface area contributed by atoms with Gasteiger partial charge in [-0.15, -0.1) is 0 Å². The van der Waals surface area contributed by atoms with Crippen LogP contribution in [0.15, 0.2) is 108 Å². The summed E-state index contributed by atoms with van der Waals surface area (Å²) >= 11 is 6.36. The molecule has 0 saturated heterocycles. The molecular formula is C34H29ClF3NO3. The first-order valence-electron chi connectivity index (χ1n) is 13.5. The van der Waals surface area contributed by atoms with Crippen LogP contribution in [0.2, 0.25) is 5.02 Å². The van der Waals surface area contributed by atoms with E-state index in [9.17, 15) is 23.1 Å². The number of furan rings is 1. The van der Waals surface area contributed by atoms with E-state index in [4.69, 9.17) is 16.0 Å². The first-order chi connectivity index (χ1) is 20.1. The molecule has 8 heteroatoms. The van der Waals surface area contributed by atoms with Crippen LogP contribution in [-0.4, -0.2) is 22.5 Å². The number of rotatable bonds is 10. The Balaban J connectivity index is 1.56. The maximum Gasteiger partial charge on any atom is 0.417 e. The maximum absolute atomic E-state index is 13.7. The highest BCUT2D eigenvalue weighted by molar-refractivity contribution is 6.32. The lowest BCUT2D eigenvalue weighted by atomic mass is 9.90. The van der Waals surface area contributed by atoms with Crippen molar-refractivity contribution in [2.75, 3.05) is 6.54 Å². The van der Waals surface area contributed by atoms with E-state index in [1.54, 1.807) is 24.3 Å². The summed E-state index contributed by atoms with van der Waals surface area (Å²) in [4.78, 5) is 13.3. The molecule has 1 N–H and O–H groups in total. The largest absolute Gasteiger partial charge is 0.481 e. The Morgan fingerprint density at radius 3 is 2.14 bits per heavy atom. The van der Waals surface area contributed by atoms with Gasteiger partial charge in [0.05, 0.1) is 23.0 Å². The highest BCUT2D eigenvalue weighted by Gasteiger charge is 2.34. The first kappa shape index (κ1) is 29.4. The second kappa shape index (κ2) is 12.4. The minimum absolute atomic E-state index is 0.0917. The maximum atomic E-state index is 13.7. The van der Waals surface area contributed by atoms with Gasteiger partial charge in [0, 0.05) is 24.4 Å². The first-order valence-corrected chi connectivity index (χ1v) is 13.9. The van der Waals surface area contributed by atoms with Crippen molar-refractivity contribution >= 4 is 28.5 Å². The van der Waals surface area contributed by atoms with E-state index in [1.807, 2.05) is 73.7 Å². The molecule has 0 spiro atoms. The Hall–Kier alpha value is -4.07. The average Bonchev–Trinajstić information content (AvgIpc) is 3.39. The molecule has 0 bridgehead atoms. The third-order valence-corrected chi connectivity index (χ3v) is 7.94. The van der Waals surface area contributed by atoms with Crippen molar-refractivity contribution in [1.82, 2.24) is 4.90 Å². The number of hydrogen-bond donors (Lipinski definition) is 1. The Kier molecular flexibility index (Phi) is 8.71. The van der Waals surface area contributed by atoms with Crippen LogP contribution in [0.25, 0.3) is 11.0 Å². The highest BCUT2D eigenvalue weighted by Crippen LogP contribution is 2.39. The van der Waals surface area contributed by atoms with Crippen LogP contribution in [0, 0.1) is 0 Å². The number of fused-ring (bicyclic) bond motifs is 1. The second-order valence-corrected chi connectivity index (χ2v) is 10.7. The van der Waals surface area contributed by atoms with Crippen molar-refractivity contribution in [2.24, 2.45) is 0 Å². The number of carbonyl (C=O) groups is 1. The standard InChI is InChI=1S/C34H29ClF3NO3/c1-22(31-19-27-17-23(18-32(40)41)15-16-30(27)42-31)39(20-26-13-8-14-29(33(26)35)34(36,37)38)21-28(24-9-4-2-5-10-24)25-11-6-3-7-12-25/h2-17,19,22,28H,18,20-21H2,1H3,(H,40,41). The van der Waals surface area contributed by atoms with Crippen molar-refractivity contribution in [3.8, 4) is 0 Å². The van der Waals surface area contributed by atoms with Crippen molar-refractivity contribution in [1.29, 1.82) is 0 Å². The number of aliphatic carboxylic acids is 1. The Morgan fingerprint density at radius 2 is 1.55 bits per heavy atom. The van der Waals surface area contributed by atoms with Gasteiger partial charge in [-0.25, -0.2) is 0 Å². The van der Waals surface area contributed by atoms with E-state index in [1.165, 1.54) is 6.07 Å². The van der Waals surface area contributed by atoms with Crippen LogP contribution < -0.4 is 0 Å². The summed E-state index contributed by atoms with van der Waals surface area (Å²) in [5.41, 5.74) is 2.88. The molecule has 0 fully saturated rings. The molecule has 0 aliphatic heterocycles. The van der Waals surface area contributed by atoms with Crippen molar-refractivity contribution < 1.29 is 27.5 Å². The Bertz CT molecular complexity index is 1630. The molecule has 1 unspecified atom stereocenters. The van der Waals surface area contributed by atoms with Gasteiger partial charge in [-0.05, 0) is 53.4 Å². The van der Waals surface area contributed by atoms with Crippen molar-refractivity contribution in [3.63, 3.8) is 0 Å².